The van der Waals surface area contributed by atoms with E-state index in [0.717, 1.165) is 17.7 Å². The van der Waals surface area contributed by atoms with Crippen LogP contribution >= 0.6 is 0 Å². The molecule has 2 aromatic carbocycles. The molecule has 4 heteroatoms. The number of aryl methyl sites for hydroxylation is 1. The van der Waals surface area contributed by atoms with Crippen LogP contribution in [0.4, 0.5) is 8.78 Å². The standard InChI is InChI=1S/C14H10F2O2/c1-9-2-5-11(6-3-9)18-14(17)10-4-7-12(15)13(16)8-10/h2-8H,1H3. The molecule has 92 valence electrons. The lowest BCUT2D eigenvalue weighted by molar-refractivity contribution is 0.0734. The SMILES string of the molecule is Cc1ccc(OC(=O)c2ccc(F)c(F)c2)cc1. The van der Waals surface area contributed by atoms with Crippen LogP contribution in [0.25, 0.3) is 0 Å². The molecule has 0 amide bonds. The summed E-state index contributed by atoms with van der Waals surface area (Å²) in [6, 6.07) is 9.71. The highest BCUT2D eigenvalue weighted by atomic mass is 19.2. The average molecular weight is 248 g/mol. The molecule has 0 aliphatic rings. The molecule has 2 nitrogen and oxygen atoms in total. The molecule has 0 atom stereocenters. The van der Waals surface area contributed by atoms with Gasteiger partial charge < -0.3 is 4.74 Å². The third kappa shape index (κ3) is 2.71. The van der Waals surface area contributed by atoms with E-state index in [1.807, 2.05) is 6.92 Å². The quantitative estimate of drug-likeness (QED) is 0.600. The van der Waals surface area contributed by atoms with Crippen molar-refractivity contribution in [2.45, 2.75) is 6.92 Å². The Morgan fingerprint density at radius 3 is 2.28 bits per heavy atom. The van der Waals surface area contributed by atoms with E-state index in [9.17, 15) is 13.6 Å². The normalized spacial score (nSPS) is 10.2. The summed E-state index contributed by atoms with van der Waals surface area (Å²) in [4.78, 5) is 11.7. The number of hydrogen-bond acceptors (Lipinski definition) is 2. The largest absolute Gasteiger partial charge is 0.423 e. The molecule has 0 aliphatic heterocycles. The van der Waals surface area contributed by atoms with Gasteiger partial charge in [0.15, 0.2) is 11.6 Å². The van der Waals surface area contributed by atoms with Gasteiger partial charge in [-0.2, -0.15) is 0 Å². The lowest BCUT2D eigenvalue weighted by atomic mass is 10.2. The van der Waals surface area contributed by atoms with Crippen LogP contribution in [0.15, 0.2) is 42.5 Å². The first kappa shape index (κ1) is 12.2. The molecule has 0 bridgehead atoms. The molecule has 0 saturated heterocycles. The Labute approximate surface area is 103 Å². The van der Waals surface area contributed by atoms with Crippen molar-refractivity contribution in [3.8, 4) is 5.75 Å². The van der Waals surface area contributed by atoms with Gasteiger partial charge in [-0.05, 0) is 37.3 Å². The summed E-state index contributed by atoms with van der Waals surface area (Å²) in [5.74, 6) is -2.44. The van der Waals surface area contributed by atoms with Gasteiger partial charge in [-0.1, -0.05) is 17.7 Å². The van der Waals surface area contributed by atoms with Crippen molar-refractivity contribution in [3.05, 3.63) is 65.2 Å². The zero-order valence-corrected chi connectivity index (χ0v) is 9.61. The molecule has 2 aromatic rings. The second-order valence-electron chi connectivity index (χ2n) is 3.83. The maximum atomic E-state index is 12.9. The van der Waals surface area contributed by atoms with E-state index >= 15 is 0 Å². The minimum atomic E-state index is -1.08. The van der Waals surface area contributed by atoms with Crippen LogP contribution in [0, 0.1) is 18.6 Å². The molecule has 0 N–H and O–H groups in total. The van der Waals surface area contributed by atoms with E-state index in [0.29, 0.717) is 5.75 Å². The van der Waals surface area contributed by atoms with E-state index in [-0.39, 0.29) is 5.56 Å². The monoisotopic (exact) mass is 248 g/mol. The smallest absolute Gasteiger partial charge is 0.343 e. The molecular formula is C14H10F2O2. The Morgan fingerprint density at radius 2 is 1.67 bits per heavy atom. The first-order chi connectivity index (χ1) is 8.56. The number of esters is 1. The Hall–Kier alpha value is -2.23. The minimum Gasteiger partial charge on any atom is -0.423 e. The number of halogens is 2. The number of benzene rings is 2. The maximum Gasteiger partial charge on any atom is 0.343 e. The van der Waals surface area contributed by atoms with Crippen LogP contribution < -0.4 is 4.74 Å². The molecular weight excluding hydrogens is 238 g/mol. The van der Waals surface area contributed by atoms with Gasteiger partial charge in [-0.3, -0.25) is 0 Å². The summed E-state index contributed by atoms with van der Waals surface area (Å²) in [6.45, 7) is 1.90. The highest BCUT2D eigenvalue weighted by molar-refractivity contribution is 5.91. The second-order valence-corrected chi connectivity index (χ2v) is 3.83. The summed E-state index contributed by atoms with van der Waals surface area (Å²) in [5.41, 5.74) is 0.997. The number of hydrogen-bond donors (Lipinski definition) is 0. The molecule has 0 spiro atoms. The van der Waals surface area contributed by atoms with Gasteiger partial charge in [0.1, 0.15) is 5.75 Å². The molecule has 0 radical (unpaired) electrons. The highest BCUT2D eigenvalue weighted by Gasteiger charge is 2.11. The van der Waals surface area contributed by atoms with Crippen molar-refractivity contribution in [1.29, 1.82) is 0 Å². The maximum absolute atomic E-state index is 12.9. The summed E-state index contributed by atoms with van der Waals surface area (Å²) >= 11 is 0. The van der Waals surface area contributed by atoms with Crippen LogP contribution in [0.1, 0.15) is 15.9 Å². The predicted octanol–water partition coefficient (Wildman–Crippen LogP) is 3.49. The predicted molar refractivity (Wildman–Crippen MR) is 62.5 cm³/mol. The Morgan fingerprint density at radius 1 is 1.00 bits per heavy atom. The minimum absolute atomic E-state index is 0.0329. The number of ether oxygens (including phenoxy) is 1. The highest BCUT2D eigenvalue weighted by Crippen LogP contribution is 2.15. The fraction of sp³-hybridized carbons (Fsp3) is 0.0714. The topological polar surface area (TPSA) is 26.3 Å². The van der Waals surface area contributed by atoms with E-state index in [1.54, 1.807) is 24.3 Å². The van der Waals surface area contributed by atoms with E-state index in [4.69, 9.17) is 4.74 Å². The van der Waals surface area contributed by atoms with E-state index in [1.165, 1.54) is 6.07 Å². The lowest BCUT2D eigenvalue weighted by Gasteiger charge is -2.04. The molecule has 2 rings (SSSR count). The van der Waals surface area contributed by atoms with Gasteiger partial charge in [0.25, 0.3) is 0 Å². The third-order valence-corrected chi connectivity index (χ3v) is 2.39. The molecule has 0 unspecified atom stereocenters. The Kier molecular flexibility index (Phi) is 3.37. The van der Waals surface area contributed by atoms with Crippen LogP contribution in [-0.4, -0.2) is 5.97 Å². The Bertz CT molecular complexity index is 577. The van der Waals surface area contributed by atoms with Gasteiger partial charge in [-0.15, -0.1) is 0 Å². The first-order valence-electron chi connectivity index (χ1n) is 5.30. The summed E-state index contributed by atoms with van der Waals surface area (Å²) in [5, 5.41) is 0. The van der Waals surface area contributed by atoms with Crippen molar-refractivity contribution in [2.75, 3.05) is 0 Å². The van der Waals surface area contributed by atoms with Crippen LogP contribution in [0.3, 0.4) is 0 Å². The number of carbonyl (C=O) groups is 1. The van der Waals surface area contributed by atoms with Crippen molar-refractivity contribution in [3.63, 3.8) is 0 Å². The van der Waals surface area contributed by atoms with Gasteiger partial charge in [0.2, 0.25) is 0 Å². The summed E-state index contributed by atoms with van der Waals surface area (Å²) in [7, 11) is 0. The van der Waals surface area contributed by atoms with Gasteiger partial charge >= 0.3 is 5.97 Å². The van der Waals surface area contributed by atoms with Crippen LogP contribution in [0.2, 0.25) is 0 Å². The van der Waals surface area contributed by atoms with Gasteiger partial charge in [0, 0.05) is 0 Å². The summed E-state index contributed by atoms with van der Waals surface area (Å²) in [6.07, 6.45) is 0. The van der Waals surface area contributed by atoms with Crippen molar-refractivity contribution < 1.29 is 18.3 Å². The molecule has 0 heterocycles. The van der Waals surface area contributed by atoms with Crippen molar-refractivity contribution in [2.24, 2.45) is 0 Å². The molecule has 0 aliphatic carbocycles. The molecule has 0 saturated carbocycles. The molecule has 18 heavy (non-hydrogen) atoms. The van der Waals surface area contributed by atoms with E-state index < -0.39 is 17.6 Å². The second kappa shape index (κ2) is 4.96. The van der Waals surface area contributed by atoms with E-state index in [2.05, 4.69) is 0 Å². The van der Waals surface area contributed by atoms with Crippen molar-refractivity contribution >= 4 is 5.97 Å². The van der Waals surface area contributed by atoms with Crippen LogP contribution in [-0.2, 0) is 0 Å². The first-order valence-corrected chi connectivity index (χ1v) is 5.30. The number of carbonyl (C=O) groups excluding carboxylic acids is 1. The lowest BCUT2D eigenvalue weighted by Crippen LogP contribution is -2.09. The average Bonchev–Trinajstić information content (AvgIpc) is 2.35. The van der Waals surface area contributed by atoms with Gasteiger partial charge in [-0.25, -0.2) is 13.6 Å². The zero-order valence-electron chi connectivity index (χ0n) is 9.61. The fourth-order valence-electron chi connectivity index (χ4n) is 1.40. The zero-order chi connectivity index (χ0) is 13.1. The number of rotatable bonds is 2. The fourth-order valence-corrected chi connectivity index (χ4v) is 1.40. The van der Waals surface area contributed by atoms with Crippen LogP contribution in [0.5, 0.6) is 5.75 Å². The van der Waals surface area contributed by atoms with Gasteiger partial charge in [0.05, 0.1) is 5.56 Å². The molecule has 0 fully saturated rings. The van der Waals surface area contributed by atoms with Crippen molar-refractivity contribution in [1.82, 2.24) is 0 Å². The molecule has 0 aromatic heterocycles. The Balaban J connectivity index is 2.16. The third-order valence-electron chi connectivity index (χ3n) is 2.39. The summed E-state index contributed by atoms with van der Waals surface area (Å²) < 4.78 is 30.7.